The zero-order valence-electron chi connectivity index (χ0n) is 9.31. The van der Waals surface area contributed by atoms with Crippen LogP contribution in [0.2, 0.25) is 0 Å². The quantitative estimate of drug-likeness (QED) is 0.704. The van der Waals surface area contributed by atoms with Gasteiger partial charge in [0, 0.05) is 12.6 Å². The Balaban J connectivity index is 2.68. The highest BCUT2D eigenvalue weighted by Gasteiger charge is 2.14. The van der Waals surface area contributed by atoms with Crippen molar-refractivity contribution in [3.63, 3.8) is 0 Å². The van der Waals surface area contributed by atoms with Crippen molar-refractivity contribution in [2.75, 3.05) is 6.61 Å². The molecule has 0 aliphatic heterocycles. The fourth-order valence-electron chi connectivity index (χ4n) is 1.46. The Morgan fingerprint density at radius 1 is 1.44 bits per heavy atom. The van der Waals surface area contributed by atoms with E-state index in [-0.39, 0.29) is 29.9 Å². The van der Waals surface area contributed by atoms with Crippen LogP contribution < -0.4 is 5.32 Å². The molecule has 0 aliphatic rings. The Hall–Kier alpha value is -1.55. The summed E-state index contributed by atoms with van der Waals surface area (Å²) >= 11 is 0. The number of para-hydroxylation sites is 1. The highest BCUT2D eigenvalue weighted by molar-refractivity contribution is 5.96. The number of amides is 1. The molecule has 0 spiro atoms. The van der Waals surface area contributed by atoms with Crippen LogP contribution in [0.1, 0.15) is 30.1 Å². The van der Waals surface area contributed by atoms with Gasteiger partial charge in [-0.25, -0.2) is 0 Å². The van der Waals surface area contributed by atoms with Crippen molar-refractivity contribution in [2.24, 2.45) is 0 Å². The van der Waals surface area contributed by atoms with Crippen molar-refractivity contribution in [3.05, 3.63) is 29.8 Å². The zero-order valence-corrected chi connectivity index (χ0v) is 9.31. The number of hydrogen-bond donors (Lipinski definition) is 3. The number of rotatable bonds is 5. The van der Waals surface area contributed by atoms with Crippen LogP contribution in [0.15, 0.2) is 24.3 Å². The largest absolute Gasteiger partial charge is 0.507 e. The van der Waals surface area contributed by atoms with Gasteiger partial charge in [0.15, 0.2) is 0 Å². The van der Waals surface area contributed by atoms with Gasteiger partial charge in [-0.2, -0.15) is 0 Å². The Labute approximate surface area is 94.9 Å². The van der Waals surface area contributed by atoms with Gasteiger partial charge in [-0.1, -0.05) is 19.1 Å². The molecule has 1 aromatic carbocycles. The highest BCUT2D eigenvalue weighted by atomic mass is 16.3. The molecular weight excluding hydrogens is 206 g/mol. The third-order valence-electron chi connectivity index (χ3n) is 2.45. The number of hydrogen-bond acceptors (Lipinski definition) is 3. The summed E-state index contributed by atoms with van der Waals surface area (Å²) in [6.07, 6.45) is 1.27. The van der Waals surface area contributed by atoms with E-state index in [1.165, 1.54) is 6.07 Å². The molecule has 4 nitrogen and oxygen atoms in total. The van der Waals surface area contributed by atoms with Gasteiger partial charge in [0.2, 0.25) is 0 Å². The van der Waals surface area contributed by atoms with Crippen molar-refractivity contribution in [3.8, 4) is 5.75 Å². The highest BCUT2D eigenvalue weighted by Crippen LogP contribution is 2.15. The van der Waals surface area contributed by atoms with E-state index in [4.69, 9.17) is 5.11 Å². The first-order chi connectivity index (χ1) is 7.69. The second kappa shape index (κ2) is 6.12. The molecule has 16 heavy (non-hydrogen) atoms. The SMILES string of the molecule is CCC(CCO)NC(=O)c1ccccc1O. The van der Waals surface area contributed by atoms with Gasteiger partial charge in [-0.05, 0) is 25.0 Å². The first-order valence-corrected chi connectivity index (χ1v) is 5.38. The molecule has 1 atom stereocenters. The molecule has 0 aliphatic carbocycles. The fraction of sp³-hybridized carbons (Fsp3) is 0.417. The van der Waals surface area contributed by atoms with Gasteiger partial charge < -0.3 is 15.5 Å². The summed E-state index contributed by atoms with van der Waals surface area (Å²) in [6.45, 7) is 1.98. The van der Waals surface area contributed by atoms with Crippen LogP contribution in [0.3, 0.4) is 0 Å². The Kier molecular flexibility index (Phi) is 4.79. The Bertz CT molecular complexity index is 352. The van der Waals surface area contributed by atoms with E-state index < -0.39 is 0 Å². The molecule has 0 heterocycles. The summed E-state index contributed by atoms with van der Waals surface area (Å²) in [5, 5.41) is 21.1. The van der Waals surface area contributed by atoms with Gasteiger partial charge in [-0.3, -0.25) is 4.79 Å². The van der Waals surface area contributed by atoms with Crippen molar-refractivity contribution >= 4 is 5.91 Å². The second-order valence-corrected chi connectivity index (χ2v) is 3.61. The lowest BCUT2D eigenvalue weighted by atomic mass is 10.1. The summed E-state index contributed by atoms with van der Waals surface area (Å²) in [5.74, 6) is -0.336. The molecule has 88 valence electrons. The van der Waals surface area contributed by atoms with E-state index in [1.807, 2.05) is 6.92 Å². The van der Waals surface area contributed by atoms with Crippen LogP contribution in [0.5, 0.6) is 5.75 Å². The maximum Gasteiger partial charge on any atom is 0.255 e. The van der Waals surface area contributed by atoms with Crippen molar-refractivity contribution < 1.29 is 15.0 Å². The normalized spacial score (nSPS) is 12.1. The minimum absolute atomic E-state index is 0.0288. The molecular formula is C12H17NO3. The van der Waals surface area contributed by atoms with Gasteiger partial charge >= 0.3 is 0 Å². The van der Waals surface area contributed by atoms with Crippen LogP contribution in [-0.4, -0.2) is 28.8 Å². The summed E-state index contributed by atoms with van der Waals surface area (Å²) < 4.78 is 0. The third kappa shape index (κ3) is 3.24. The van der Waals surface area contributed by atoms with Crippen LogP contribution in [-0.2, 0) is 0 Å². The van der Waals surface area contributed by atoms with E-state index in [9.17, 15) is 9.90 Å². The summed E-state index contributed by atoms with van der Waals surface area (Å²) in [7, 11) is 0. The first kappa shape index (κ1) is 12.5. The maximum atomic E-state index is 11.8. The number of benzene rings is 1. The lowest BCUT2D eigenvalue weighted by Crippen LogP contribution is -2.35. The van der Waals surface area contributed by atoms with E-state index in [2.05, 4.69) is 5.32 Å². The number of phenolic OH excluding ortho intramolecular Hbond substituents is 1. The number of phenols is 1. The molecule has 0 saturated carbocycles. The van der Waals surface area contributed by atoms with Crippen LogP contribution in [0.4, 0.5) is 0 Å². The van der Waals surface area contributed by atoms with Gasteiger partial charge in [-0.15, -0.1) is 0 Å². The predicted molar refractivity (Wildman–Crippen MR) is 61.4 cm³/mol. The van der Waals surface area contributed by atoms with Crippen molar-refractivity contribution in [1.82, 2.24) is 5.32 Å². The average Bonchev–Trinajstić information content (AvgIpc) is 2.28. The minimum atomic E-state index is -0.307. The molecule has 1 rings (SSSR count). The van der Waals surface area contributed by atoms with E-state index >= 15 is 0 Å². The lowest BCUT2D eigenvalue weighted by Gasteiger charge is -2.15. The number of aromatic hydroxyl groups is 1. The van der Waals surface area contributed by atoms with E-state index in [0.717, 1.165) is 6.42 Å². The molecule has 0 radical (unpaired) electrons. The standard InChI is InChI=1S/C12H17NO3/c1-2-9(7-8-14)13-12(16)10-5-3-4-6-11(10)15/h3-6,9,14-15H,2,7-8H2,1H3,(H,13,16). The molecule has 1 aromatic rings. The zero-order chi connectivity index (χ0) is 12.0. The average molecular weight is 223 g/mol. The molecule has 1 unspecified atom stereocenters. The van der Waals surface area contributed by atoms with Gasteiger partial charge in [0.25, 0.3) is 5.91 Å². The van der Waals surface area contributed by atoms with Crippen LogP contribution >= 0.6 is 0 Å². The number of carbonyl (C=O) groups excluding carboxylic acids is 1. The summed E-state index contributed by atoms with van der Waals surface area (Å²) in [6, 6.07) is 6.34. The molecule has 0 aromatic heterocycles. The van der Waals surface area contributed by atoms with E-state index in [0.29, 0.717) is 6.42 Å². The van der Waals surface area contributed by atoms with E-state index in [1.54, 1.807) is 18.2 Å². The van der Waals surface area contributed by atoms with Crippen molar-refractivity contribution in [2.45, 2.75) is 25.8 Å². The predicted octanol–water partition coefficient (Wildman–Crippen LogP) is 1.28. The number of nitrogens with one attached hydrogen (secondary N) is 1. The van der Waals surface area contributed by atoms with Crippen LogP contribution in [0, 0.1) is 0 Å². The molecule has 0 fully saturated rings. The maximum absolute atomic E-state index is 11.8. The Morgan fingerprint density at radius 3 is 2.69 bits per heavy atom. The lowest BCUT2D eigenvalue weighted by molar-refractivity contribution is 0.0926. The van der Waals surface area contributed by atoms with Crippen LogP contribution in [0.25, 0.3) is 0 Å². The smallest absolute Gasteiger partial charge is 0.255 e. The molecule has 0 bridgehead atoms. The monoisotopic (exact) mass is 223 g/mol. The van der Waals surface area contributed by atoms with Crippen molar-refractivity contribution in [1.29, 1.82) is 0 Å². The first-order valence-electron chi connectivity index (χ1n) is 5.38. The topological polar surface area (TPSA) is 69.6 Å². The molecule has 4 heteroatoms. The van der Waals surface area contributed by atoms with Gasteiger partial charge in [0.1, 0.15) is 5.75 Å². The number of aliphatic hydroxyl groups excluding tert-OH is 1. The fourth-order valence-corrected chi connectivity index (χ4v) is 1.46. The Morgan fingerprint density at radius 2 is 2.12 bits per heavy atom. The number of carbonyl (C=O) groups is 1. The number of aliphatic hydroxyl groups is 1. The summed E-state index contributed by atoms with van der Waals surface area (Å²) in [5.41, 5.74) is 0.263. The second-order valence-electron chi connectivity index (χ2n) is 3.61. The molecule has 1 amide bonds. The third-order valence-corrected chi connectivity index (χ3v) is 2.45. The molecule has 0 saturated heterocycles. The van der Waals surface area contributed by atoms with Gasteiger partial charge in [0.05, 0.1) is 5.56 Å². The summed E-state index contributed by atoms with van der Waals surface area (Å²) in [4.78, 5) is 11.8. The molecule has 3 N–H and O–H groups in total. The minimum Gasteiger partial charge on any atom is -0.507 e.